The fourth-order valence-corrected chi connectivity index (χ4v) is 4.33. The van der Waals surface area contributed by atoms with E-state index in [1.807, 2.05) is 54.6 Å². The lowest BCUT2D eigenvalue weighted by Crippen LogP contribution is -2.51. The van der Waals surface area contributed by atoms with Gasteiger partial charge in [0.25, 0.3) is 5.56 Å². The second-order valence-electron chi connectivity index (χ2n) is 7.04. The predicted molar refractivity (Wildman–Crippen MR) is 112 cm³/mol. The number of amides is 2. The Balaban J connectivity index is 1.68. The van der Waals surface area contributed by atoms with Crippen LogP contribution in [0.5, 0.6) is 0 Å². The number of hydrogen-bond acceptors (Lipinski definition) is 4. The van der Waals surface area contributed by atoms with Gasteiger partial charge in [-0.05, 0) is 42.8 Å². The molecule has 0 saturated carbocycles. The van der Waals surface area contributed by atoms with Crippen LogP contribution in [-0.2, 0) is 12.1 Å². The SMILES string of the molecule is Cc1cccn(CC2(c3ccc(Sc4ccccc4)cc3)NC(=O)NC2O)c1=O. The van der Waals surface area contributed by atoms with E-state index in [0.717, 1.165) is 9.79 Å². The van der Waals surface area contributed by atoms with Crippen LogP contribution in [0.15, 0.2) is 87.5 Å². The summed E-state index contributed by atoms with van der Waals surface area (Å²) in [5, 5.41) is 16.0. The molecule has 6 nitrogen and oxygen atoms in total. The molecule has 1 aliphatic rings. The zero-order valence-corrected chi connectivity index (χ0v) is 16.6. The number of aliphatic hydroxyl groups is 1. The normalized spacial score (nSPS) is 20.9. The summed E-state index contributed by atoms with van der Waals surface area (Å²) < 4.78 is 1.51. The van der Waals surface area contributed by atoms with Crippen molar-refractivity contribution in [2.45, 2.75) is 35.0 Å². The minimum atomic E-state index is -1.17. The Kier molecular flexibility index (Phi) is 5.17. The summed E-state index contributed by atoms with van der Waals surface area (Å²) >= 11 is 1.63. The molecule has 2 unspecified atom stereocenters. The van der Waals surface area contributed by atoms with Crippen molar-refractivity contribution < 1.29 is 9.90 Å². The number of urea groups is 1. The highest BCUT2D eigenvalue weighted by Crippen LogP contribution is 2.33. The number of aryl methyl sites for hydroxylation is 1. The molecule has 2 amide bonds. The first-order chi connectivity index (χ1) is 14.0. The molecule has 1 aromatic heterocycles. The maximum Gasteiger partial charge on any atom is 0.317 e. The van der Waals surface area contributed by atoms with Crippen LogP contribution in [0.1, 0.15) is 11.1 Å². The number of aromatic nitrogens is 1. The van der Waals surface area contributed by atoms with Crippen molar-refractivity contribution in [2.75, 3.05) is 0 Å². The van der Waals surface area contributed by atoms with E-state index in [4.69, 9.17) is 0 Å². The van der Waals surface area contributed by atoms with E-state index in [1.165, 1.54) is 4.57 Å². The monoisotopic (exact) mass is 407 g/mol. The van der Waals surface area contributed by atoms with Gasteiger partial charge in [-0.3, -0.25) is 4.79 Å². The Hall–Kier alpha value is -3.03. The molecule has 148 valence electrons. The maximum absolute atomic E-state index is 12.5. The molecule has 0 bridgehead atoms. The molecule has 1 saturated heterocycles. The molecule has 0 aliphatic carbocycles. The van der Waals surface area contributed by atoms with Crippen molar-refractivity contribution in [3.05, 3.63) is 94.4 Å². The van der Waals surface area contributed by atoms with Gasteiger partial charge in [-0.25, -0.2) is 4.79 Å². The summed E-state index contributed by atoms with van der Waals surface area (Å²) in [6, 6.07) is 20.7. The maximum atomic E-state index is 12.5. The molecular formula is C22H21N3O3S. The summed E-state index contributed by atoms with van der Waals surface area (Å²) in [6.07, 6.45) is 0.489. The largest absolute Gasteiger partial charge is 0.371 e. The van der Waals surface area contributed by atoms with Crippen LogP contribution < -0.4 is 16.2 Å². The number of pyridine rings is 1. The molecule has 3 aromatic rings. The van der Waals surface area contributed by atoms with Gasteiger partial charge in [-0.15, -0.1) is 0 Å². The summed E-state index contributed by atoms with van der Waals surface area (Å²) in [5.74, 6) is 0. The van der Waals surface area contributed by atoms with E-state index in [9.17, 15) is 14.7 Å². The van der Waals surface area contributed by atoms with Gasteiger partial charge in [-0.2, -0.15) is 0 Å². The van der Waals surface area contributed by atoms with Crippen LogP contribution in [0.25, 0.3) is 0 Å². The molecule has 1 aliphatic heterocycles. The van der Waals surface area contributed by atoms with Crippen molar-refractivity contribution in [3.63, 3.8) is 0 Å². The Morgan fingerprint density at radius 3 is 2.34 bits per heavy atom. The number of carbonyl (C=O) groups excluding carboxylic acids is 1. The van der Waals surface area contributed by atoms with Crippen molar-refractivity contribution in [2.24, 2.45) is 0 Å². The van der Waals surface area contributed by atoms with Gasteiger partial charge in [0.2, 0.25) is 0 Å². The number of aliphatic hydroxyl groups excluding tert-OH is 1. The Bertz CT molecular complexity index is 1080. The minimum absolute atomic E-state index is 0.110. The zero-order valence-electron chi connectivity index (χ0n) is 15.8. The standard InChI is InChI=1S/C22H21N3O3S/c1-15-6-5-13-25(19(15)26)14-22(20(27)23-21(28)24-22)16-9-11-18(12-10-16)29-17-7-3-2-4-8-17/h2-13,20,27H,14H2,1H3,(H2,23,24,28). The quantitative estimate of drug-likeness (QED) is 0.607. The number of carbonyl (C=O) groups is 1. The van der Waals surface area contributed by atoms with E-state index >= 15 is 0 Å². The molecule has 4 rings (SSSR count). The van der Waals surface area contributed by atoms with Crippen LogP contribution in [-0.4, -0.2) is 21.9 Å². The zero-order chi connectivity index (χ0) is 20.4. The van der Waals surface area contributed by atoms with E-state index < -0.39 is 17.8 Å². The molecule has 0 spiro atoms. The molecule has 7 heteroatoms. The fraction of sp³-hybridized carbons (Fsp3) is 0.182. The minimum Gasteiger partial charge on any atom is -0.371 e. The Morgan fingerprint density at radius 1 is 1.00 bits per heavy atom. The average molecular weight is 407 g/mol. The molecule has 29 heavy (non-hydrogen) atoms. The van der Waals surface area contributed by atoms with Gasteiger partial charge in [0.1, 0.15) is 5.54 Å². The van der Waals surface area contributed by atoms with Crippen molar-refractivity contribution >= 4 is 17.8 Å². The molecule has 0 radical (unpaired) electrons. The lowest BCUT2D eigenvalue weighted by molar-refractivity contribution is 0.0675. The lowest BCUT2D eigenvalue weighted by Gasteiger charge is -2.32. The van der Waals surface area contributed by atoms with Gasteiger partial charge in [0.15, 0.2) is 6.23 Å². The first kappa shape index (κ1) is 19.3. The molecule has 1 fully saturated rings. The second-order valence-corrected chi connectivity index (χ2v) is 8.18. The number of hydrogen-bond donors (Lipinski definition) is 3. The highest BCUT2D eigenvalue weighted by Gasteiger charge is 2.47. The molecule has 2 atom stereocenters. The van der Waals surface area contributed by atoms with Gasteiger partial charge in [-0.1, -0.05) is 48.2 Å². The van der Waals surface area contributed by atoms with E-state index in [2.05, 4.69) is 10.6 Å². The van der Waals surface area contributed by atoms with Crippen molar-refractivity contribution in [1.82, 2.24) is 15.2 Å². The van der Waals surface area contributed by atoms with Crippen molar-refractivity contribution in [1.29, 1.82) is 0 Å². The first-order valence-electron chi connectivity index (χ1n) is 9.24. The summed E-state index contributed by atoms with van der Waals surface area (Å²) in [5.41, 5.74) is 0.0136. The number of benzene rings is 2. The first-order valence-corrected chi connectivity index (χ1v) is 10.1. The second kappa shape index (κ2) is 7.77. The topological polar surface area (TPSA) is 83.4 Å². The van der Waals surface area contributed by atoms with E-state index in [0.29, 0.717) is 11.1 Å². The van der Waals surface area contributed by atoms with Crippen LogP contribution in [0.2, 0.25) is 0 Å². The number of nitrogens with one attached hydrogen (secondary N) is 2. The number of nitrogens with zero attached hydrogens (tertiary/aromatic N) is 1. The number of rotatable bonds is 5. The summed E-state index contributed by atoms with van der Waals surface area (Å²) in [7, 11) is 0. The third-order valence-electron chi connectivity index (χ3n) is 5.05. The van der Waals surface area contributed by atoms with Crippen LogP contribution in [0, 0.1) is 6.92 Å². The van der Waals surface area contributed by atoms with Crippen LogP contribution in [0.3, 0.4) is 0 Å². The van der Waals surface area contributed by atoms with Crippen LogP contribution in [0.4, 0.5) is 4.79 Å². The highest BCUT2D eigenvalue weighted by molar-refractivity contribution is 7.99. The molecule has 3 N–H and O–H groups in total. The van der Waals surface area contributed by atoms with Gasteiger partial charge < -0.3 is 20.3 Å². The third-order valence-corrected chi connectivity index (χ3v) is 6.07. The van der Waals surface area contributed by atoms with Crippen molar-refractivity contribution in [3.8, 4) is 0 Å². The van der Waals surface area contributed by atoms with Gasteiger partial charge >= 0.3 is 6.03 Å². The average Bonchev–Trinajstić information content (AvgIpc) is 3.01. The van der Waals surface area contributed by atoms with E-state index in [1.54, 1.807) is 37.0 Å². The van der Waals surface area contributed by atoms with Gasteiger partial charge in [0.05, 0.1) is 6.54 Å². The Morgan fingerprint density at radius 2 is 1.69 bits per heavy atom. The fourth-order valence-electron chi connectivity index (χ4n) is 3.50. The Labute approximate surface area is 172 Å². The summed E-state index contributed by atoms with van der Waals surface area (Å²) in [4.78, 5) is 26.7. The summed E-state index contributed by atoms with van der Waals surface area (Å²) in [6.45, 7) is 1.85. The lowest BCUT2D eigenvalue weighted by atomic mass is 9.88. The smallest absolute Gasteiger partial charge is 0.317 e. The van der Waals surface area contributed by atoms with Crippen LogP contribution >= 0.6 is 11.8 Å². The van der Waals surface area contributed by atoms with E-state index in [-0.39, 0.29) is 12.1 Å². The molecule has 2 aromatic carbocycles. The highest BCUT2D eigenvalue weighted by atomic mass is 32.2. The predicted octanol–water partition coefficient (Wildman–Crippen LogP) is 2.83. The molecule has 2 heterocycles. The van der Waals surface area contributed by atoms with Gasteiger partial charge in [0, 0.05) is 21.6 Å². The molecular weight excluding hydrogens is 386 g/mol. The third kappa shape index (κ3) is 3.79.